The maximum atomic E-state index is 12.3. The van der Waals surface area contributed by atoms with E-state index in [1.807, 2.05) is 0 Å². The van der Waals surface area contributed by atoms with Crippen LogP contribution in [0.1, 0.15) is 99.9 Å². The smallest absolute Gasteiger partial charge is 0.234 e. The standard InChI is InChI=1S/C27H36O3/c1-2-3-4-5-6-7-8-9-10-11-12-13-14-15-16-21-24-25(28)22-19-17-18-20-23(22)26(29)27(24)30/h6-7,9-10,17-20,28H,2-5,8,11-16,21H2,1H3/b7-6-,10-9+. The number of allylic oxidation sites excluding steroid dienone is 5. The number of aliphatic hydroxyl groups is 1. The molecule has 0 aliphatic heterocycles. The number of benzene rings is 1. The third-order valence-corrected chi connectivity index (χ3v) is 5.57. The topological polar surface area (TPSA) is 54.4 Å². The molecule has 162 valence electrons. The summed E-state index contributed by atoms with van der Waals surface area (Å²) >= 11 is 0. The number of unbranched alkanes of at least 4 members (excludes halogenated alkanes) is 8. The summed E-state index contributed by atoms with van der Waals surface area (Å²) in [4.78, 5) is 24.5. The van der Waals surface area contributed by atoms with Crippen molar-refractivity contribution in [3.05, 3.63) is 65.3 Å². The van der Waals surface area contributed by atoms with E-state index in [0.717, 1.165) is 38.5 Å². The second kappa shape index (κ2) is 13.7. The van der Waals surface area contributed by atoms with Crippen LogP contribution in [-0.4, -0.2) is 16.7 Å². The maximum Gasteiger partial charge on any atom is 0.234 e. The number of Topliss-reactive ketones (excluding diaryl/α,β-unsaturated/α-hetero) is 2. The quantitative estimate of drug-likeness (QED) is 0.196. The van der Waals surface area contributed by atoms with Crippen LogP contribution in [0.5, 0.6) is 0 Å². The van der Waals surface area contributed by atoms with Gasteiger partial charge in [0.25, 0.3) is 0 Å². The number of carbonyl (C=O) groups is 2. The Kier molecular flexibility index (Phi) is 10.9. The average molecular weight is 409 g/mol. The fraction of sp³-hybridized carbons (Fsp3) is 0.481. The molecule has 1 aliphatic carbocycles. The highest BCUT2D eigenvalue weighted by molar-refractivity contribution is 6.52. The number of fused-ring (bicyclic) bond motifs is 1. The molecule has 1 aromatic rings. The number of hydrogen-bond donors (Lipinski definition) is 1. The van der Waals surface area contributed by atoms with E-state index < -0.39 is 11.6 Å². The fourth-order valence-electron chi connectivity index (χ4n) is 3.76. The molecule has 1 aromatic carbocycles. The SMILES string of the molecule is CCCCC/C=C\C/C=C/CCCCCCCC1=C(O)c2ccccc2C(=O)C1=O. The number of carbonyl (C=O) groups excluding carboxylic acids is 2. The van der Waals surface area contributed by atoms with Gasteiger partial charge in [-0.2, -0.15) is 0 Å². The minimum absolute atomic E-state index is 0.0141. The van der Waals surface area contributed by atoms with E-state index in [4.69, 9.17) is 0 Å². The van der Waals surface area contributed by atoms with Crippen LogP contribution in [0.2, 0.25) is 0 Å². The molecule has 1 aliphatic rings. The highest BCUT2D eigenvalue weighted by Gasteiger charge is 2.31. The van der Waals surface area contributed by atoms with Crippen molar-refractivity contribution in [2.45, 2.75) is 84.0 Å². The number of hydrogen-bond acceptors (Lipinski definition) is 3. The van der Waals surface area contributed by atoms with E-state index in [1.54, 1.807) is 24.3 Å². The summed E-state index contributed by atoms with van der Waals surface area (Å²) in [7, 11) is 0. The van der Waals surface area contributed by atoms with Crippen LogP contribution >= 0.6 is 0 Å². The lowest BCUT2D eigenvalue weighted by atomic mass is 9.86. The molecule has 1 N–H and O–H groups in total. The van der Waals surface area contributed by atoms with Gasteiger partial charge in [0.05, 0.1) is 0 Å². The first kappa shape index (κ1) is 23.9. The third-order valence-electron chi connectivity index (χ3n) is 5.57. The van der Waals surface area contributed by atoms with Crippen LogP contribution in [-0.2, 0) is 4.79 Å². The van der Waals surface area contributed by atoms with Crippen LogP contribution in [0.3, 0.4) is 0 Å². The Morgan fingerprint density at radius 2 is 1.33 bits per heavy atom. The van der Waals surface area contributed by atoms with Crippen LogP contribution in [0.25, 0.3) is 5.76 Å². The van der Waals surface area contributed by atoms with Gasteiger partial charge in [-0.25, -0.2) is 0 Å². The third kappa shape index (κ3) is 7.44. The van der Waals surface area contributed by atoms with E-state index in [1.165, 1.54) is 32.1 Å². The molecule has 0 heterocycles. The Bertz CT molecular complexity index is 783. The lowest BCUT2D eigenvalue weighted by Crippen LogP contribution is -2.24. The van der Waals surface area contributed by atoms with E-state index in [-0.39, 0.29) is 11.3 Å². The minimum atomic E-state index is -0.546. The first-order valence-corrected chi connectivity index (χ1v) is 11.6. The zero-order valence-electron chi connectivity index (χ0n) is 18.4. The molecule has 0 unspecified atom stereocenters. The lowest BCUT2D eigenvalue weighted by molar-refractivity contribution is -0.112. The zero-order chi connectivity index (χ0) is 21.6. The molecule has 0 spiro atoms. The van der Waals surface area contributed by atoms with Gasteiger partial charge in [-0.15, -0.1) is 0 Å². The average Bonchev–Trinajstić information content (AvgIpc) is 2.77. The molecule has 0 aromatic heterocycles. The van der Waals surface area contributed by atoms with Gasteiger partial charge in [0, 0.05) is 16.7 Å². The van der Waals surface area contributed by atoms with E-state index >= 15 is 0 Å². The van der Waals surface area contributed by atoms with Gasteiger partial charge in [-0.05, 0) is 44.9 Å². The van der Waals surface area contributed by atoms with Crippen molar-refractivity contribution >= 4 is 17.3 Å². The van der Waals surface area contributed by atoms with E-state index in [0.29, 0.717) is 17.5 Å². The summed E-state index contributed by atoms with van der Waals surface area (Å²) in [5.41, 5.74) is 1.08. The van der Waals surface area contributed by atoms with Crippen molar-refractivity contribution in [2.24, 2.45) is 0 Å². The normalized spacial score (nSPS) is 14.3. The molecule has 0 atom stereocenters. The predicted molar refractivity (Wildman–Crippen MR) is 125 cm³/mol. The minimum Gasteiger partial charge on any atom is -0.507 e. The van der Waals surface area contributed by atoms with Crippen LogP contribution in [0.15, 0.2) is 54.1 Å². The molecule has 30 heavy (non-hydrogen) atoms. The summed E-state index contributed by atoms with van der Waals surface area (Å²) in [6.45, 7) is 2.23. The van der Waals surface area contributed by atoms with Gasteiger partial charge in [-0.1, -0.05) is 87.6 Å². The molecular formula is C27H36O3. The zero-order valence-corrected chi connectivity index (χ0v) is 18.4. The molecule has 0 saturated carbocycles. The molecule has 3 nitrogen and oxygen atoms in total. The van der Waals surface area contributed by atoms with Gasteiger partial charge in [0.15, 0.2) is 0 Å². The molecule has 0 radical (unpaired) electrons. The largest absolute Gasteiger partial charge is 0.507 e. The van der Waals surface area contributed by atoms with Crippen molar-refractivity contribution in [1.82, 2.24) is 0 Å². The van der Waals surface area contributed by atoms with Crippen molar-refractivity contribution in [1.29, 1.82) is 0 Å². The summed E-state index contributed by atoms with van der Waals surface area (Å²) in [5, 5.41) is 10.4. The first-order chi connectivity index (χ1) is 14.7. The van der Waals surface area contributed by atoms with Gasteiger partial charge in [0.1, 0.15) is 5.76 Å². The monoisotopic (exact) mass is 408 g/mol. The van der Waals surface area contributed by atoms with Gasteiger partial charge in [-0.3, -0.25) is 9.59 Å². The predicted octanol–water partition coefficient (Wildman–Crippen LogP) is 7.53. The Labute approximate surface area is 181 Å². The summed E-state index contributed by atoms with van der Waals surface area (Å²) < 4.78 is 0. The summed E-state index contributed by atoms with van der Waals surface area (Å²) in [6, 6.07) is 6.78. The second-order valence-electron chi connectivity index (χ2n) is 8.01. The van der Waals surface area contributed by atoms with Crippen molar-refractivity contribution in [3.63, 3.8) is 0 Å². The number of aliphatic hydroxyl groups excluding tert-OH is 1. The van der Waals surface area contributed by atoms with Crippen LogP contribution < -0.4 is 0 Å². The fourth-order valence-corrected chi connectivity index (χ4v) is 3.76. The van der Waals surface area contributed by atoms with Gasteiger partial charge in [0.2, 0.25) is 11.6 Å². The molecule has 0 saturated heterocycles. The Hall–Kier alpha value is -2.42. The highest BCUT2D eigenvalue weighted by Crippen LogP contribution is 2.30. The Balaban J connectivity index is 1.58. The van der Waals surface area contributed by atoms with Crippen molar-refractivity contribution in [3.8, 4) is 0 Å². The Morgan fingerprint density at radius 1 is 0.733 bits per heavy atom. The Morgan fingerprint density at radius 3 is 2.03 bits per heavy atom. The van der Waals surface area contributed by atoms with E-state index in [9.17, 15) is 14.7 Å². The maximum absolute atomic E-state index is 12.3. The first-order valence-electron chi connectivity index (χ1n) is 11.6. The lowest BCUT2D eigenvalue weighted by Gasteiger charge is -2.17. The highest BCUT2D eigenvalue weighted by atomic mass is 16.3. The van der Waals surface area contributed by atoms with Crippen molar-refractivity contribution in [2.75, 3.05) is 0 Å². The number of rotatable bonds is 14. The van der Waals surface area contributed by atoms with Gasteiger partial charge >= 0.3 is 0 Å². The molecule has 3 heteroatoms. The van der Waals surface area contributed by atoms with Gasteiger partial charge < -0.3 is 5.11 Å². The molecule has 0 bridgehead atoms. The molecule has 2 rings (SSSR count). The second-order valence-corrected chi connectivity index (χ2v) is 8.01. The van der Waals surface area contributed by atoms with E-state index in [2.05, 4.69) is 31.2 Å². The van der Waals surface area contributed by atoms with Crippen LogP contribution in [0, 0.1) is 0 Å². The van der Waals surface area contributed by atoms with Crippen LogP contribution in [0.4, 0.5) is 0 Å². The summed E-state index contributed by atoms with van der Waals surface area (Å²) in [5.74, 6) is -1.06. The molecular weight excluding hydrogens is 372 g/mol. The van der Waals surface area contributed by atoms with Crippen molar-refractivity contribution < 1.29 is 14.7 Å². The number of ketones is 2. The molecule has 0 amide bonds. The summed E-state index contributed by atoms with van der Waals surface area (Å²) in [6.07, 6.45) is 22.0. The molecule has 0 fully saturated rings.